The highest BCUT2D eigenvalue weighted by atomic mass is 19.2. The SMILES string of the molecule is Cc1c(C(=O)O)cc(-c2ccc(F)c(F)c2)n1C(CCC(N)=O)CC1CCCCC1. The first-order valence-corrected chi connectivity index (χ1v) is 10.5. The molecule has 162 valence electrons. The summed E-state index contributed by atoms with van der Waals surface area (Å²) in [5.74, 6) is -2.97. The van der Waals surface area contributed by atoms with Gasteiger partial charge in [0.2, 0.25) is 5.91 Å². The lowest BCUT2D eigenvalue weighted by Gasteiger charge is -2.30. The summed E-state index contributed by atoms with van der Waals surface area (Å²) in [6, 6.07) is 4.91. The van der Waals surface area contributed by atoms with Gasteiger partial charge in [-0.25, -0.2) is 13.6 Å². The van der Waals surface area contributed by atoms with Gasteiger partial charge >= 0.3 is 5.97 Å². The zero-order valence-corrected chi connectivity index (χ0v) is 17.2. The minimum absolute atomic E-state index is 0.113. The second-order valence-corrected chi connectivity index (χ2v) is 8.23. The van der Waals surface area contributed by atoms with Crippen molar-refractivity contribution in [1.82, 2.24) is 4.57 Å². The number of rotatable bonds is 8. The molecule has 0 spiro atoms. The zero-order chi connectivity index (χ0) is 21.8. The van der Waals surface area contributed by atoms with Crippen LogP contribution in [0.1, 0.15) is 73.5 Å². The van der Waals surface area contributed by atoms with Gasteiger partial charge in [0.05, 0.1) is 5.56 Å². The van der Waals surface area contributed by atoms with E-state index in [4.69, 9.17) is 5.73 Å². The van der Waals surface area contributed by atoms with Gasteiger partial charge in [-0.05, 0) is 49.9 Å². The van der Waals surface area contributed by atoms with Crippen LogP contribution in [0.5, 0.6) is 0 Å². The third kappa shape index (κ3) is 4.89. The molecule has 1 amide bonds. The largest absolute Gasteiger partial charge is 0.478 e. The summed E-state index contributed by atoms with van der Waals surface area (Å²) in [4.78, 5) is 23.3. The first-order valence-electron chi connectivity index (χ1n) is 10.5. The fourth-order valence-electron chi connectivity index (χ4n) is 4.65. The van der Waals surface area contributed by atoms with Gasteiger partial charge in [0.25, 0.3) is 0 Å². The second kappa shape index (κ2) is 9.41. The average Bonchev–Trinajstić information content (AvgIpc) is 3.05. The highest BCUT2D eigenvalue weighted by Gasteiger charge is 2.27. The third-order valence-corrected chi connectivity index (χ3v) is 6.16. The quantitative estimate of drug-likeness (QED) is 0.617. The number of primary amides is 1. The zero-order valence-electron chi connectivity index (χ0n) is 17.2. The molecular formula is C23H28F2N2O3. The van der Waals surface area contributed by atoms with Crippen molar-refractivity contribution in [1.29, 1.82) is 0 Å². The standard InChI is InChI=1S/C23H28F2N2O3/c1-14-18(23(29)30)13-21(16-7-9-19(24)20(25)12-16)27(14)17(8-10-22(26)28)11-15-5-3-2-4-6-15/h7,9,12-13,15,17H,2-6,8,10-11H2,1H3,(H2,26,28)(H,29,30). The highest BCUT2D eigenvalue weighted by Crippen LogP contribution is 2.38. The van der Waals surface area contributed by atoms with Crippen LogP contribution in [0, 0.1) is 24.5 Å². The molecule has 0 radical (unpaired) electrons. The second-order valence-electron chi connectivity index (χ2n) is 8.23. The van der Waals surface area contributed by atoms with Crippen molar-refractivity contribution in [3.63, 3.8) is 0 Å². The van der Waals surface area contributed by atoms with Crippen LogP contribution >= 0.6 is 0 Å². The molecule has 3 N–H and O–H groups in total. The molecule has 2 aromatic rings. The van der Waals surface area contributed by atoms with Gasteiger partial charge in [-0.1, -0.05) is 32.1 Å². The number of hydrogen-bond donors (Lipinski definition) is 2. The lowest BCUT2D eigenvalue weighted by atomic mass is 9.83. The molecule has 1 fully saturated rings. The number of carboxylic acid groups (broad SMARTS) is 1. The molecule has 1 aromatic carbocycles. The molecule has 1 saturated carbocycles. The number of carbonyl (C=O) groups excluding carboxylic acids is 1. The number of aromatic carboxylic acids is 1. The molecule has 1 aliphatic carbocycles. The van der Waals surface area contributed by atoms with E-state index in [9.17, 15) is 23.5 Å². The van der Waals surface area contributed by atoms with E-state index in [0.29, 0.717) is 29.3 Å². The van der Waals surface area contributed by atoms with Gasteiger partial charge in [0, 0.05) is 29.4 Å². The molecule has 1 heterocycles. The van der Waals surface area contributed by atoms with Crippen molar-refractivity contribution in [2.24, 2.45) is 11.7 Å². The Morgan fingerprint density at radius 2 is 1.87 bits per heavy atom. The van der Waals surface area contributed by atoms with E-state index in [1.165, 1.54) is 18.6 Å². The van der Waals surface area contributed by atoms with E-state index in [0.717, 1.165) is 44.2 Å². The maximum Gasteiger partial charge on any atom is 0.337 e. The van der Waals surface area contributed by atoms with Crippen molar-refractivity contribution >= 4 is 11.9 Å². The number of carbonyl (C=O) groups is 2. The van der Waals surface area contributed by atoms with E-state index in [1.54, 1.807) is 6.92 Å². The maximum absolute atomic E-state index is 13.9. The summed E-state index contributed by atoms with van der Waals surface area (Å²) < 4.78 is 29.3. The summed E-state index contributed by atoms with van der Waals surface area (Å²) in [6.45, 7) is 1.71. The van der Waals surface area contributed by atoms with Crippen molar-refractivity contribution in [3.05, 3.63) is 47.2 Å². The Morgan fingerprint density at radius 3 is 2.47 bits per heavy atom. The Labute approximate surface area is 174 Å². The van der Waals surface area contributed by atoms with Gasteiger partial charge in [-0.3, -0.25) is 4.79 Å². The molecule has 1 aromatic heterocycles. The summed E-state index contributed by atoms with van der Waals surface area (Å²) in [5.41, 5.74) is 6.95. The molecule has 1 unspecified atom stereocenters. The number of carboxylic acids is 1. The molecule has 5 nitrogen and oxygen atoms in total. The van der Waals surface area contributed by atoms with Crippen LogP contribution in [0.15, 0.2) is 24.3 Å². The van der Waals surface area contributed by atoms with Gasteiger partial charge in [-0.15, -0.1) is 0 Å². The number of hydrogen-bond acceptors (Lipinski definition) is 2. The lowest BCUT2D eigenvalue weighted by molar-refractivity contribution is -0.118. The highest BCUT2D eigenvalue weighted by molar-refractivity contribution is 5.91. The number of nitrogens with zero attached hydrogens (tertiary/aromatic N) is 1. The Balaban J connectivity index is 2.08. The molecule has 7 heteroatoms. The van der Waals surface area contributed by atoms with Crippen LogP contribution in [0.25, 0.3) is 11.3 Å². The molecular weight excluding hydrogens is 390 g/mol. The molecule has 1 atom stereocenters. The first-order chi connectivity index (χ1) is 14.3. The van der Waals surface area contributed by atoms with Crippen LogP contribution < -0.4 is 5.73 Å². The summed E-state index contributed by atoms with van der Waals surface area (Å²) in [6.07, 6.45) is 7.17. The fraction of sp³-hybridized carbons (Fsp3) is 0.478. The number of benzene rings is 1. The van der Waals surface area contributed by atoms with Gasteiger partial charge in [0.15, 0.2) is 11.6 Å². The molecule has 30 heavy (non-hydrogen) atoms. The van der Waals surface area contributed by atoms with E-state index in [2.05, 4.69) is 0 Å². The van der Waals surface area contributed by atoms with E-state index >= 15 is 0 Å². The lowest BCUT2D eigenvalue weighted by Crippen LogP contribution is -2.21. The molecule has 1 aliphatic rings. The topological polar surface area (TPSA) is 85.3 Å². The summed E-state index contributed by atoms with van der Waals surface area (Å²) >= 11 is 0. The number of halogens is 2. The minimum atomic E-state index is -1.08. The number of amides is 1. The monoisotopic (exact) mass is 418 g/mol. The van der Waals surface area contributed by atoms with Crippen LogP contribution in [0.2, 0.25) is 0 Å². The fourth-order valence-corrected chi connectivity index (χ4v) is 4.65. The van der Waals surface area contributed by atoms with Crippen LogP contribution in [-0.2, 0) is 4.79 Å². The number of aromatic nitrogens is 1. The molecule has 0 saturated heterocycles. The predicted molar refractivity (Wildman–Crippen MR) is 110 cm³/mol. The Hall–Kier alpha value is -2.70. The van der Waals surface area contributed by atoms with Crippen molar-refractivity contribution in [3.8, 4) is 11.3 Å². The van der Waals surface area contributed by atoms with Crippen LogP contribution in [0.3, 0.4) is 0 Å². The summed E-state index contributed by atoms with van der Waals surface area (Å²) in [7, 11) is 0. The Morgan fingerprint density at radius 1 is 1.17 bits per heavy atom. The van der Waals surface area contributed by atoms with Crippen molar-refractivity contribution in [2.75, 3.05) is 0 Å². The van der Waals surface area contributed by atoms with Crippen molar-refractivity contribution < 1.29 is 23.5 Å². The first kappa shape index (κ1) is 22.0. The maximum atomic E-state index is 13.9. The van der Waals surface area contributed by atoms with Gasteiger partial charge in [-0.2, -0.15) is 0 Å². The van der Waals surface area contributed by atoms with E-state index < -0.39 is 23.5 Å². The van der Waals surface area contributed by atoms with Gasteiger partial charge in [0.1, 0.15) is 0 Å². The molecule has 0 bridgehead atoms. The average molecular weight is 418 g/mol. The van der Waals surface area contributed by atoms with E-state index in [-0.39, 0.29) is 18.0 Å². The minimum Gasteiger partial charge on any atom is -0.478 e. The Bertz CT molecular complexity index is 933. The smallest absolute Gasteiger partial charge is 0.337 e. The van der Waals surface area contributed by atoms with E-state index in [1.807, 2.05) is 4.57 Å². The van der Waals surface area contributed by atoms with Gasteiger partial charge < -0.3 is 15.4 Å². The number of nitrogens with two attached hydrogens (primary N) is 1. The van der Waals surface area contributed by atoms with Crippen LogP contribution in [-0.4, -0.2) is 21.6 Å². The molecule has 3 rings (SSSR count). The third-order valence-electron chi connectivity index (χ3n) is 6.16. The molecule has 0 aliphatic heterocycles. The summed E-state index contributed by atoms with van der Waals surface area (Å²) in [5, 5.41) is 9.65. The normalized spacial score (nSPS) is 15.8. The van der Waals surface area contributed by atoms with Crippen LogP contribution in [0.4, 0.5) is 8.78 Å². The predicted octanol–water partition coefficient (Wildman–Crippen LogP) is 5.22. The van der Waals surface area contributed by atoms with Crippen molar-refractivity contribution in [2.45, 2.75) is 64.3 Å². The Kier molecular flexibility index (Phi) is 6.90.